The van der Waals surface area contributed by atoms with Crippen LogP contribution in [0.5, 0.6) is 6.01 Å². The number of sulfonamides is 1. The van der Waals surface area contributed by atoms with E-state index >= 15 is 0 Å². The van der Waals surface area contributed by atoms with Crippen LogP contribution in [0.15, 0.2) is 35.5 Å². The molecular formula is C14H17N3O3S. The van der Waals surface area contributed by atoms with Gasteiger partial charge in [0.15, 0.2) is 0 Å². The van der Waals surface area contributed by atoms with Crippen LogP contribution in [0.4, 0.5) is 0 Å². The molecule has 21 heavy (non-hydrogen) atoms. The van der Waals surface area contributed by atoms with Crippen LogP contribution in [0.1, 0.15) is 12.5 Å². The van der Waals surface area contributed by atoms with Gasteiger partial charge in [-0.1, -0.05) is 13.0 Å². The predicted molar refractivity (Wildman–Crippen MR) is 79.6 cm³/mol. The fourth-order valence-corrected chi connectivity index (χ4v) is 3.09. The molecule has 0 bridgehead atoms. The van der Waals surface area contributed by atoms with Gasteiger partial charge in [-0.15, -0.1) is 0 Å². The smallest absolute Gasteiger partial charge is 0.316 e. The molecule has 1 aromatic carbocycles. The number of benzene rings is 1. The van der Waals surface area contributed by atoms with Crippen molar-refractivity contribution < 1.29 is 13.2 Å². The zero-order valence-electron chi connectivity index (χ0n) is 12.1. The molecule has 0 radical (unpaired) electrons. The Hall–Kier alpha value is -1.99. The Morgan fingerprint density at radius 3 is 2.43 bits per heavy atom. The zero-order valence-corrected chi connectivity index (χ0v) is 12.9. The second-order valence-corrected chi connectivity index (χ2v) is 6.20. The van der Waals surface area contributed by atoms with Gasteiger partial charge in [0.25, 0.3) is 0 Å². The third kappa shape index (κ3) is 3.37. The fourth-order valence-electron chi connectivity index (χ4n) is 1.96. The number of hydrogen-bond acceptors (Lipinski definition) is 5. The molecule has 0 unspecified atom stereocenters. The standard InChI is InChI=1S/C14H17N3O3S/c1-4-17-21(18,19)12-5-6-13(10(2)7-12)11-8-15-14(20-3)16-9-11/h5-9,17H,4H2,1-3H3. The number of nitrogens with zero attached hydrogens (tertiary/aromatic N) is 2. The molecule has 0 aliphatic heterocycles. The molecule has 2 aromatic rings. The molecule has 0 spiro atoms. The summed E-state index contributed by atoms with van der Waals surface area (Å²) < 4.78 is 31.3. The van der Waals surface area contributed by atoms with Gasteiger partial charge in [0.2, 0.25) is 10.0 Å². The summed E-state index contributed by atoms with van der Waals surface area (Å²) in [4.78, 5) is 8.35. The Labute approximate surface area is 124 Å². The third-order valence-electron chi connectivity index (χ3n) is 2.96. The summed E-state index contributed by atoms with van der Waals surface area (Å²) in [5, 5.41) is 0. The van der Waals surface area contributed by atoms with Crippen molar-refractivity contribution in [2.24, 2.45) is 0 Å². The minimum absolute atomic E-state index is 0.250. The Balaban J connectivity index is 2.39. The first-order valence-electron chi connectivity index (χ1n) is 6.44. The monoisotopic (exact) mass is 307 g/mol. The molecule has 0 fully saturated rings. The first kappa shape index (κ1) is 15.4. The molecule has 0 aliphatic rings. The number of methoxy groups -OCH3 is 1. The van der Waals surface area contributed by atoms with Crippen LogP contribution < -0.4 is 9.46 Å². The van der Waals surface area contributed by atoms with E-state index in [9.17, 15) is 8.42 Å². The number of nitrogens with one attached hydrogen (secondary N) is 1. The highest BCUT2D eigenvalue weighted by atomic mass is 32.2. The van der Waals surface area contributed by atoms with Crippen LogP contribution in [0.3, 0.4) is 0 Å². The summed E-state index contributed by atoms with van der Waals surface area (Å²) in [7, 11) is -1.94. The summed E-state index contributed by atoms with van der Waals surface area (Å²) in [6, 6.07) is 5.26. The lowest BCUT2D eigenvalue weighted by molar-refractivity contribution is 0.380. The Morgan fingerprint density at radius 1 is 1.24 bits per heavy atom. The Kier molecular flexibility index (Phi) is 4.54. The maximum Gasteiger partial charge on any atom is 0.316 e. The van der Waals surface area contributed by atoms with Gasteiger partial charge >= 0.3 is 6.01 Å². The van der Waals surface area contributed by atoms with Gasteiger partial charge in [-0.2, -0.15) is 0 Å². The van der Waals surface area contributed by atoms with E-state index in [0.29, 0.717) is 12.6 Å². The van der Waals surface area contributed by atoms with E-state index in [4.69, 9.17) is 4.74 Å². The van der Waals surface area contributed by atoms with E-state index in [-0.39, 0.29) is 4.90 Å². The van der Waals surface area contributed by atoms with Crippen molar-refractivity contribution in [1.29, 1.82) is 0 Å². The van der Waals surface area contributed by atoms with Crippen LogP contribution in [0, 0.1) is 6.92 Å². The van der Waals surface area contributed by atoms with Gasteiger partial charge in [0.1, 0.15) is 0 Å². The highest BCUT2D eigenvalue weighted by molar-refractivity contribution is 7.89. The maximum atomic E-state index is 12.0. The van der Waals surface area contributed by atoms with Gasteiger partial charge < -0.3 is 4.74 Å². The Bertz CT molecular complexity index is 728. The zero-order chi connectivity index (χ0) is 15.5. The molecule has 0 aliphatic carbocycles. The largest absolute Gasteiger partial charge is 0.467 e. The highest BCUT2D eigenvalue weighted by Gasteiger charge is 2.14. The molecule has 0 amide bonds. The van der Waals surface area contributed by atoms with Crippen LogP contribution in [-0.2, 0) is 10.0 Å². The number of hydrogen-bond donors (Lipinski definition) is 1. The molecule has 6 nitrogen and oxygen atoms in total. The van der Waals surface area contributed by atoms with Crippen molar-refractivity contribution in [3.05, 3.63) is 36.2 Å². The minimum atomic E-state index is -3.44. The van der Waals surface area contributed by atoms with E-state index in [2.05, 4.69) is 14.7 Å². The molecule has 1 heterocycles. The quantitative estimate of drug-likeness (QED) is 0.910. The van der Waals surface area contributed by atoms with E-state index in [1.165, 1.54) is 7.11 Å². The lowest BCUT2D eigenvalue weighted by Crippen LogP contribution is -2.23. The molecule has 0 atom stereocenters. The van der Waals surface area contributed by atoms with Gasteiger partial charge in [-0.05, 0) is 30.2 Å². The van der Waals surface area contributed by atoms with Gasteiger partial charge in [0, 0.05) is 24.5 Å². The minimum Gasteiger partial charge on any atom is -0.467 e. The second kappa shape index (κ2) is 6.19. The Morgan fingerprint density at radius 2 is 1.90 bits per heavy atom. The molecule has 1 aromatic heterocycles. The normalized spacial score (nSPS) is 11.4. The summed E-state index contributed by atoms with van der Waals surface area (Å²) in [6.07, 6.45) is 3.29. The van der Waals surface area contributed by atoms with Crippen molar-refractivity contribution in [3.63, 3.8) is 0 Å². The van der Waals surface area contributed by atoms with E-state index < -0.39 is 10.0 Å². The molecule has 0 saturated heterocycles. The first-order valence-corrected chi connectivity index (χ1v) is 7.93. The second-order valence-electron chi connectivity index (χ2n) is 4.44. The molecule has 112 valence electrons. The van der Waals surface area contributed by atoms with Crippen LogP contribution in [0.2, 0.25) is 0 Å². The average Bonchev–Trinajstić information content (AvgIpc) is 2.47. The predicted octanol–water partition coefficient (Wildman–Crippen LogP) is 1.76. The molecular weight excluding hydrogens is 290 g/mol. The third-order valence-corrected chi connectivity index (χ3v) is 4.51. The van der Waals surface area contributed by atoms with Crippen molar-refractivity contribution >= 4 is 10.0 Å². The van der Waals surface area contributed by atoms with Crippen molar-refractivity contribution in [3.8, 4) is 17.1 Å². The van der Waals surface area contributed by atoms with E-state index in [1.54, 1.807) is 37.5 Å². The van der Waals surface area contributed by atoms with Gasteiger partial charge in [-0.25, -0.2) is 23.1 Å². The molecule has 2 rings (SSSR count). The topological polar surface area (TPSA) is 81.2 Å². The van der Waals surface area contributed by atoms with E-state index in [0.717, 1.165) is 16.7 Å². The lowest BCUT2D eigenvalue weighted by atomic mass is 10.0. The SMILES string of the molecule is CCNS(=O)(=O)c1ccc(-c2cnc(OC)nc2)c(C)c1. The average molecular weight is 307 g/mol. The van der Waals surface area contributed by atoms with Crippen molar-refractivity contribution in [2.75, 3.05) is 13.7 Å². The first-order chi connectivity index (χ1) is 9.97. The van der Waals surface area contributed by atoms with Crippen LogP contribution in [0.25, 0.3) is 11.1 Å². The fraction of sp³-hybridized carbons (Fsp3) is 0.286. The summed E-state index contributed by atoms with van der Waals surface area (Å²) in [5.41, 5.74) is 2.52. The van der Waals surface area contributed by atoms with Gasteiger partial charge in [-0.3, -0.25) is 0 Å². The highest BCUT2D eigenvalue weighted by Crippen LogP contribution is 2.25. The number of aromatic nitrogens is 2. The van der Waals surface area contributed by atoms with Crippen LogP contribution in [-0.4, -0.2) is 32.0 Å². The van der Waals surface area contributed by atoms with Crippen molar-refractivity contribution in [1.82, 2.24) is 14.7 Å². The van der Waals surface area contributed by atoms with Crippen molar-refractivity contribution in [2.45, 2.75) is 18.7 Å². The summed E-state index contributed by atoms with van der Waals surface area (Å²) in [6.45, 7) is 3.95. The maximum absolute atomic E-state index is 12.0. The van der Waals surface area contributed by atoms with E-state index in [1.807, 2.05) is 6.92 Å². The number of ether oxygens (including phenoxy) is 1. The summed E-state index contributed by atoms with van der Waals surface area (Å²) >= 11 is 0. The summed E-state index contributed by atoms with van der Waals surface area (Å²) in [5.74, 6) is 0. The van der Waals surface area contributed by atoms with Crippen LogP contribution >= 0.6 is 0 Å². The number of rotatable bonds is 5. The lowest BCUT2D eigenvalue weighted by Gasteiger charge is -2.09. The molecule has 1 N–H and O–H groups in total. The molecule has 7 heteroatoms. The number of aryl methyl sites for hydroxylation is 1. The van der Waals surface area contributed by atoms with Gasteiger partial charge in [0.05, 0.1) is 12.0 Å². The molecule has 0 saturated carbocycles.